The summed E-state index contributed by atoms with van der Waals surface area (Å²) in [4.78, 5) is 25.6. The molecule has 26 heavy (non-hydrogen) atoms. The monoisotopic (exact) mass is 361 g/mol. The van der Waals surface area contributed by atoms with Crippen LogP contribution in [0.2, 0.25) is 0 Å². The lowest BCUT2D eigenvalue weighted by molar-refractivity contribution is -0.125. The van der Waals surface area contributed by atoms with Crippen molar-refractivity contribution in [3.63, 3.8) is 0 Å². The third kappa shape index (κ3) is 6.42. The van der Waals surface area contributed by atoms with Crippen LogP contribution in [0.5, 0.6) is 0 Å². The van der Waals surface area contributed by atoms with E-state index >= 15 is 0 Å². The summed E-state index contributed by atoms with van der Waals surface area (Å²) in [5, 5.41) is 5.71. The first-order chi connectivity index (χ1) is 12.3. The Labute approximate surface area is 156 Å². The summed E-state index contributed by atoms with van der Waals surface area (Å²) in [6, 6.07) is 7.87. The minimum atomic E-state index is -0.123. The van der Waals surface area contributed by atoms with E-state index in [1.165, 1.54) is 6.92 Å². The zero-order chi connectivity index (χ0) is 19.2. The van der Waals surface area contributed by atoms with Gasteiger partial charge < -0.3 is 15.4 Å². The summed E-state index contributed by atoms with van der Waals surface area (Å²) in [5.74, 6) is -0.0657. The maximum Gasteiger partial charge on any atom is 0.234 e. The lowest BCUT2D eigenvalue weighted by Gasteiger charge is -2.40. The molecule has 6 nitrogen and oxygen atoms in total. The third-order valence-corrected chi connectivity index (χ3v) is 4.70. The number of anilines is 1. The number of ether oxygens (including phenoxy) is 1. The summed E-state index contributed by atoms with van der Waals surface area (Å²) in [7, 11) is 0. The van der Waals surface area contributed by atoms with Crippen LogP contribution >= 0.6 is 0 Å². The second-order valence-electron chi connectivity index (χ2n) is 7.47. The van der Waals surface area contributed by atoms with Crippen molar-refractivity contribution in [1.82, 2.24) is 10.2 Å². The summed E-state index contributed by atoms with van der Waals surface area (Å²) in [5.41, 5.74) is 1.64. The Morgan fingerprint density at radius 3 is 2.54 bits per heavy atom. The third-order valence-electron chi connectivity index (χ3n) is 4.70. The van der Waals surface area contributed by atoms with E-state index in [-0.39, 0.29) is 17.4 Å². The number of nitrogens with one attached hydrogen (secondary N) is 2. The Bertz CT molecular complexity index is 613. The highest BCUT2D eigenvalue weighted by Crippen LogP contribution is 2.27. The van der Waals surface area contributed by atoms with Crippen molar-refractivity contribution in [2.75, 3.05) is 25.0 Å². The van der Waals surface area contributed by atoms with E-state index < -0.39 is 0 Å². The van der Waals surface area contributed by atoms with Gasteiger partial charge in [-0.1, -0.05) is 19.1 Å². The topological polar surface area (TPSA) is 70.7 Å². The summed E-state index contributed by atoms with van der Waals surface area (Å²) in [6.07, 6.45) is 1.91. The summed E-state index contributed by atoms with van der Waals surface area (Å²) >= 11 is 0. The molecule has 0 spiro atoms. The molecular formula is C20H31N3O3. The van der Waals surface area contributed by atoms with E-state index in [1.54, 1.807) is 0 Å². The molecule has 1 unspecified atom stereocenters. The van der Waals surface area contributed by atoms with E-state index in [1.807, 2.05) is 24.3 Å². The van der Waals surface area contributed by atoms with E-state index in [0.29, 0.717) is 19.1 Å². The molecule has 2 rings (SSSR count). The van der Waals surface area contributed by atoms with Crippen molar-refractivity contribution >= 4 is 17.5 Å². The van der Waals surface area contributed by atoms with Gasteiger partial charge in [-0.3, -0.25) is 14.5 Å². The highest BCUT2D eigenvalue weighted by Gasteiger charge is 2.32. The highest BCUT2D eigenvalue weighted by atomic mass is 16.5. The first-order valence-electron chi connectivity index (χ1n) is 9.30. The number of carbonyl (C=O) groups is 2. The van der Waals surface area contributed by atoms with Gasteiger partial charge in [0.05, 0.1) is 12.1 Å². The van der Waals surface area contributed by atoms with Gasteiger partial charge in [-0.05, 0) is 50.9 Å². The predicted octanol–water partition coefficient (Wildman–Crippen LogP) is 2.54. The van der Waals surface area contributed by atoms with Gasteiger partial charge in [-0.2, -0.15) is 0 Å². The molecule has 144 valence electrons. The van der Waals surface area contributed by atoms with Crippen molar-refractivity contribution in [3.8, 4) is 0 Å². The van der Waals surface area contributed by atoms with Gasteiger partial charge in [-0.15, -0.1) is 0 Å². The normalized spacial score (nSPS) is 19.2. The van der Waals surface area contributed by atoms with Crippen LogP contribution in [-0.4, -0.2) is 48.1 Å². The Morgan fingerprint density at radius 1 is 1.27 bits per heavy atom. The van der Waals surface area contributed by atoms with Crippen molar-refractivity contribution in [3.05, 3.63) is 29.8 Å². The van der Waals surface area contributed by atoms with Gasteiger partial charge in [0.15, 0.2) is 0 Å². The Hall–Kier alpha value is -1.92. The number of nitrogens with zero attached hydrogens (tertiary/aromatic N) is 1. The molecule has 6 heteroatoms. The molecule has 0 aromatic heterocycles. The Kier molecular flexibility index (Phi) is 7.17. The average Bonchev–Trinajstić information content (AvgIpc) is 2.57. The van der Waals surface area contributed by atoms with Gasteiger partial charge in [0, 0.05) is 31.8 Å². The molecule has 1 fully saturated rings. The molecule has 0 aliphatic carbocycles. The standard InChI is InChI=1S/C20H31N3O3/c1-5-23(18-10-11-26-20(3,4)12-18)14-19(25)21-13-16-6-8-17(9-7-16)22-15(2)24/h6-9,18H,5,10-14H2,1-4H3,(H,21,25)(H,22,24). The molecule has 0 saturated carbocycles. The van der Waals surface area contributed by atoms with Crippen LogP contribution in [0.3, 0.4) is 0 Å². The van der Waals surface area contributed by atoms with Crippen molar-refractivity contribution < 1.29 is 14.3 Å². The van der Waals surface area contributed by atoms with Gasteiger partial charge in [-0.25, -0.2) is 0 Å². The van der Waals surface area contributed by atoms with Crippen LogP contribution in [0.25, 0.3) is 0 Å². The number of hydrogen-bond donors (Lipinski definition) is 2. The first-order valence-corrected chi connectivity index (χ1v) is 9.30. The average molecular weight is 361 g/mol. The number of amides is 2. The zero-order valence-corrected chi connectivity index (χ0v) is 16.3. The van der Waals surface area contributed by atoms with Gasteiger partial charge >= 0.3 is 0 Å². The van der Waals surface area contributed by atoms with Crippen LogP contribution in [0.1, 0.15) is 46.1 Å². The minimum absolute atomic E-state index is 0.0297. The Morgan fingerprint density at radius 2 is 1.96 bits per heavy atom. The molecule has 2 N–H and O–H groups in total. The van der Waals surface area contributed by atoms with E-state index in [4.69, 9.17) is 4.74 Å². The molecule has 1 atom stereocenters. The zero-order valence-electron chi connectivity index (χ0n) is 16.3. The molecule has 0 bridgehead atoms. The predicted molar refractivity (Wildman–Crippen MR) is 103 cm³/mol. The fourth-order valence-corrected chi connectivity index (χ4v) is 3.36. The van der Waals surface area contributed by atoms with Crippen LogP contribution < -0.4 is 10.6 Å². The van der Waals surface area contributed by atoms with Crippen LogP contribution in [0.4, 0.5) is 5.69 Å². The quantitative estimate of drug-likeness (QED) is 0.783. The fourth-order valence-electron chi connectivity index (χ4n) is 3.36. The molecule has 0 radical (unpaired) electrons. The number of carbonyl (C=O) groups excluding carboxylic acids is 2. The van der Waals surface area contributed by atoms with Gasteiger partial charge in [0.1, 0.15) is 0 Å². The van der Waals surface area contributed by atoms with E-state index in [2.05, 4.69) is 36.3 Å². The van der Waals surface area contributed by atoms with E-state index in [0.717, 1.165) is 37.2 Å². The smallest absolute Gasteiger partial charge is 0.234 e. The second kappa shape index (κ2) is 9.14. The molecule has 2 amide bonds. The first kappa shape index (κ1) is 20.4. The molecule has 1 aliphatic heterocycles. The number of hydrogen-bond acceptors (Lipinski definition) is 4. The van der Waals surface area contributed by atoms with Crippen LogP contribution in [0, 0.1) is 0 Å². The van der Waals surface area contributed by atoms with Crippen LogP contribution in [0.15, 0.2) is 24.3 Å². The van der Waals surface area contributed by atoms with Crippen molar-refractivity contribution in [1.29, 1.82) is 0 Å². The SMILES string of the molecule is CCN(CC(=O)NCc1ccc(NC(C)=O)cc1)C1CCOC(C)(C)C1. The van der Waals surface area contributed by atoms with Gasteiger partial charge in [0.25, 0.3) is 0 Å². The van der Waals surface area contributed by atoms with Crippen molar-refractivity contribution in [2.45, 2.75) is 58.7 Å². The molecular weight excluding hydrogens is 330 g/mol. The lowest BCUT2D eigenvalue weighted by atomic mass is 9.93. The highest BCUT2D eigenvalue weighted by molar-refractivity contribution is 5.88. The summed E-state index contributed by atoms with van der Waals surface area (Å²) in [6.45, 7) is 10.3. The Balaban J connectivity index is 1.82. The molecule has 1 aromatic carbocycles. The fraction of sp³-hybridized carbons (Fsp3) is 0.600. The lowest BCUT2D eigenvalue weighted by Crippen LogP contribution is -2.49. The second-order valence-corrected chi connectivity index (χ2v) is 7.47. The van der Waals surface area contributed by atoms with Crippen LogP contribution in [-0.2, 0) is 20.9 Å². The summed E-state index contributed by atoms with van der Waals surface area (Å²) < 4.78 is 5.78. The number of benzene rings is 1. The largest absolute Gasteiger partial charge is 0.375 e. The minimum Gasteiger partial charge on any atom is -0.375 e. The molecule has 1 aromatic rings. The number of likely N-dealkylation sites (N-methyl/N-ethyl adjacent to an activating group) is 1. The van der Waals surface area contributed by atoms with Crippen molar-refractivity contribution in [2.24, 2.45) is 0 Å². The molecule has 1 aliphatic rings. The van der Waals surface area contributed by atoms with E-state index in [9.17, 15) is 9.59 Å². The maximum absolute atomic E-state index is 12.4. The van der Waals surface area contributed by atoms with Gasteiger partial charge in [0.2, 0.25) is 11.8 Å². The maximum atomic E-state index is 12.4. The number of rotatable bonds is 7. The molecule has 1 heterocycles. The molecule has 1 saturated heterocycles.